The molecule has 1 heterocycles. The minimum atomic E-state index is -4.23. The van der Waals surface area contributed by atoms with Crippen LogP contribution in [0.1, 0.15) is 22.8 Å². The highest BCUT2D eigenvalue weighted by atomic mass is 19.4. The number of nitrogens with one attached hydrogen (secondary N) is 2. The van der Waals surface area contributed by atoms with E-state index in [2.05, 4.69) is 10.3 Å². The van der Waals surface area contributed by atoms with Crippen LogP contribution in [0.3, 0.4) is 0 Å². The SMILES string of the molecule is CC(Cc1c[nH]c2cc(C(=O)O)ccc12)NCC(F)(F)F. The molecule has 0 aliphatic carbocycles. The van der Waals surface area contributed by atoms with Crippen LogP contribution in [-0.2, 0) is 6.42 Å². The number of H-pyrrole nitrogens is 1. The summed E-state index contributed by atoms with van der Waals surface area (Å²) in [4.78, 5) is 13.8. The first-order valence-corrected chi connectivity index (χ1v) is 6.39. The number of carboxylic acids is 1. The lowest BCUT2D eigenvalue weighted by Crippen LogP contribution is -2.36. The van der Waals surface area contributed by atoms with Crippen LogP contribution < -0.4 is 5.32 Å². The van der Waals surface area contributed by atoms with E-state index in [0.29, 0.717) is 11.9 Å². The van der Waals surface area contributed by atoms with Gasteiger partial charge in [-0.25, -0.2) is 4.79 Å². The Labute approximate surface area is 119 Å². The smallest absolute Gasteiger partial charge is 0.401 e. The van der Waals surface area contributed by atoms with Crippen molar-refractivity contribution in [1.29, 1.82) is 0 Å². The monoisotopic (exact) mass is 300 g/mol. The van der Waals surface area contributed by atoms with Crippen LogP contribution in [0.4, 0.5) is 13.2 Å². The van der Waals surface area contributed by atoms with Crippen molar-refractivity contribution in [3.05, 3.63) is 35.5 Å². The zero-order chi connectivity index (χ0) is 15.6. The molecule has 0 fully saturated rings. The highest BCUT2D eigenvalue weighted by molar-refractivity contribution is 5.94. The highest BCUT2D eigenvalue weighted by Crippen LogP contribution is 2.21. The van der Waals surface area contributed by atoms with E-state index in [-0.39, 0.29) is 11.6 Å². The number of carbonyl (C=O) groups is 1. The second kappa shape index (κ2) is 5.77. The number of aromatic amines is 1. The summed E-state index contributed by atoms with van der Waals surface area (Å²) in [7, 11) is 0. The zero-order valence-corrected chi connectivity index (χ0v) is 11.3. The number of halogens is 3. The average Bonchev–Trinajstić information content (AvgIpc) is 2.78. The molecule has 4 nitrogen and oxygen atoms in total. The summed E-state index contributed by atoms with van der Waals surface area (Å²) in [5.41, 5.74) is 1.68. The fourth-order valence-electron chi connectivity index (χ4n) is 2.18. The minimum absolute atomic E-state index is 0.166. The van der Waals surface area contributed by atoms with E-state index in [4.69, 9.17) is 5.11 Å². The van der Waals surface area contributed by atoms with Gasteiger partial charge in [0.1, 0.15) is 0 Å². The molecule has 0 aliphatic rings. The molecule has 0 spiro atoms. The van der Waals surface area contributed by atoms with E-state index in [1.807, 2.05) is 0 Å². The van der Waals surface area contributed by atoms with Gasteiger partial charge in [0.05, 0.1) is 12.1 Å². The minimum Gasteiger partial charge on any atom is -0.478 e. The van der Waals surface area contributed by atoms with Gasteiger partial charge >= 0.3 is 12.1 Å². The van der Waals surface area contributed by atoms with Gasteiger partial charge in [0.25, 0.3) is 0 Å². The molecular weight excluding hydrogens is 285 g/mol. The van der Waals surface area contributed by atoms with Gasteiger partial charge < -0.3 is 15.4 Å². The number of benzene rings is 1. The first kappa shape index (κ1) is 15.4. The Balaban J connectivity index is 2.10. The Kier molecular flexibility index (Phi) is 4.22. The molecule has 0 radical (unpaired) electrons. The number of alkyl halides is 3. The van der Waals surface area contributed by atoms with E-state index in [9.17, 15) is 18.0 Å². The van der Waals surface area contributed by atoms with E-state index in [1.54, 1.807) is 19.2 Å². The van der Waals surface area contributed by atoms with Crippen molar-refractivity contribution in [2.24, 2.45) is 0 Å². The third-order valence-electron chi connectivity index (χ3n) is 3.19. The number of fused-ring (bicyclic) bond motifs is 1. The van der Waals surface area contributed by atoms with Crippen molar-refractivity contribution in [3.8, 4) is 0 Å². The summed E-state index contributed by atoms with van der Waals surface area (Å²) < 4.78 is 36.4. The quantitative estimate of drug-likeness (QED) is 0.795. The molecule has 1 unspecified atom stereocenters. The lowest BCUT2D eigenvalue weighted by molar-refractivity contribution is -0.126. The van der Waals surface area contributed by atoms with Gasteiger partial charge in [-0.1, -0.05) is 6.07 Å². The summed E-state index contributed by atoms with van der Waals surface area (Å²) in [5, 5.41) is 12.2. The van der Waals surface area contributed by atoms with Crippen molar-refractivity contribution in [2.75, 3.05) is 6.54 Å². The Morgan fingerprint density at radius 2 is 2.14 bits per heavy atom. The number of aromatic nitrogens is 1. The van der Waals surface area contributed by atoms with Crippen LogP contribution in [0.15, 0.2) is 24.4 Å². The fourth-order valence-corrected chi connectivity index (χ4v) is 2.18. The molecule has 0 aliphatic heterocycles. The van der Waals surface area contributed by atoms with Gasteiger partial charge in [-0.15, -0.1) is 0 Å². The third kappa shape index (κ3) is 3.98. The molecule has 0 saturated carbocycles. The molecule has 1 aromatic carbocycles. The second-order valence-electron chi connectivity index (χ2n) is 4.98. The predicted octanol–water partition coefficient (Wildman–Crippen LogP) is 2.95. The molecule has 0 amide bonds. The maximum Gasteiger partial charge on any atom is 0.401 e. The molecule has 7 heteroatoms. The van der Waals surface area contributed by atoms with E-state index in [0.717, 1.165) is 10.9 Å². The van der Waals surface area contributed by atoms with Gasteiger partial charge in [0.15, 0.2) is 0 Å². The number of aromatic carboxylic acids is 1. The standard InChI is InChI=1S/C14H15F3N2O2/c1-8(19-7-14(15,16)17)4-10-6-18-12-5-9(13(20)21)2-3-11(10)12/h2-3,5-6,8,18-19H,4,7H2,1H3,(H,20,21). The Hall–Kier alpha value is -2.02. The molecule has 2 rings (SSSR count). The number of carboxylic acid groups (broad SMARTS) is 1. The summed E-state index contributed by atoms with van der Waals surface area (Å²) >= 11 is 0. The van der Waals surface area contributed by atoms with Gasteiger partial charge in [0.2, 0.25) is 0 Å². The van der Waals surface area contributed by atoms with E-state index < -0.39 is 18.7 Å². The zero-order valence-electron chi connectivity index (χ0n) is 11.3. The Morgan fingerprint density at radius 3 is 2.76 bits per heavy atom. The van der Waals surface area contributed by atoms with Crippen LogP contribution in [0.25, 0.3) is 10.9 Å². The second-order valence-corrected chi connectivity index (χ2v) is 4.98. The molecule has 114 valence electrons. The van der Waals surface area contributed by atoms with Crippen molar-refractivity contribution < 1.29 is 23.1 Å². The van der Waals surface area contributed by atoms with Gasteiger partial charge in [-0.05, 0) is 31.0 Å². The Morgan fingerprint density at radius 1 is 1.43 bits per heavy atom. The van der Waals surface area contributed by atoms with Crippen LogP contribution in [0.2, 0.25) is 0 Å². The molecule has 2 aromatic rings. The van der Waals surface area contributed by atoms with Crippen molar-refractivity contribution in [2.45, 2.75) is 25.6 Å². The van der Waals surface area contributed by atoms with E-state index in [1.165, 1.54) is 12.1 Å². The average molecular weight is 300 g/mol. The number of rotatable bonds is 5. The highest BCUT2D eigenvalue weighted by Gasteiger charge is 2.27. The van der Waals surface area contributed by atoms with E-state index >= 15 is 0 Å². The first-order chi connectivity index (χ1) is 9.76. The summed E-state index contributed by atoms with van der Waals surface area (Å²) in [6.45, 7) is 0.649. The van der Waals surface area contributed by atoms with Crippen molar-refractivity contribution in [3.63, 3.8) is 0 Å². The first-order valence-electron chi connectivity index (χ1n) is 6.39. The topological polar surface area (TPSA) is 65.1 Å². The van der Waals surface area contributed by atoms with Crippen LogP contribution in [0.5, 0.6) is 0 Å². The third-order valence-corrected chi connectivity index (χ3v) is 3.19. The predicted molar refractivity (Wildman–Crippen MR) is 72.5 cm³/mol. The van der Waals surface area contributed by atoms with Crippen LogP contribution >= 0.6 is 0 Å². The van der Waals surface area contributed by atoms with Gasteiger partial charge in [0, 0.05) is 23.1 Å². The number of hydrogen-bond acceptors (Lipinski definition) is 2. The maximum atomic E-state index is 12.1. The Bertz CT molecular complexity index is 649. The molecular formula is C14H15F3N2O2. The van der Waals surface area contributed by atoms with Gasteiger partial charge in [-0.2, -0.15) is 13.2 Å². The molecule has 1 atom stereocenters. The van der Waals surface area contributed by atoms with Crippen molar-refractivity contribution in [1.82, 2.24) is 10.3 Å². The summed E-state index contributed by atoms with van der Waals surface area (Å²) in [6, 6.07) is 4.32. The summed E-state index contributed by atoms with van der Waals surface area (Å²) in [5.74, 6) is -1.02. The molecule has 21 heavy (non-hydrogen) atoms. The molecule has 1 aromatic heterocycles. The lowest BCUT2D eigenvalue weighted by atomic mass is 10.0. The normalized spacial score (nSPS) is 13.5. The van der Waals surface area contributed by atoms with Gasteiger partial charge in [-0.3, -0.25) is 0 Å². The largest absolute Gasteiger partial charge is 0.478 e. The summed E-state index contributed by atoms with van der Waals surface area (Å²) in [6.07, 6.45) is -2.12. The van der Waals surface area contributed by atoms with Crippen LogP contribution in [0, 0.1) is 0 Å². The molecule has 0 saturated heterocycles. The van der Waals surface area contributed by atoms with Crippen molar-refractivity contribution >= 4 is 16.9 Å². The molecule has 0 bridgehead atoms. The fraction of sp³-hybridized carbons (Fsp3) is 0.357. The van der Waals surface area contributed by atoms with Crippen LogP contribution in [-0.4, -0.2) is 34.8 Å². The molecule has 3 N–H and O–H groups in total. The maximum absolute atomic E-state index is 12.1. The number of hydrogen-bond donors (Lipinski definition) is 3. The lowest BCUT2D eigenvalue weighted by Gasteiger charge is -2.15.